The molecule has 0 bridgehead atoms. The van der Waals surface area contributed by atoms with E-state index in [4.69, 9.17) is 9.47 Å². The van der Waals surface area contributed by atoms with Gasteiger partial charge >= 0.3 is 5.97 Å². The van der Waals surface area contributed by atoms with Gasteiger partial charge in [0, 0.05) is 12.1 Å². The summed E-state index contributed by atoms with van der Waals surface area (Å²) < 4.78 is 24.5. The Morgan fingerprint density at radius 3 is 2.53 bits per heavy atom. The molecule has 1 fully saturated rings. The first kappa shape index (κ1) is 18.4. The molecule has 30 heavy (non-hydrogen) atoms. The second kappa shape index (κ2) is 6.74. The van der Waals surface area contributed by atoms with E-state index < -0.39 is 41.1 Å². The molecule has 5 rings (SSSR count). The highest BCUT2D eigenvalue weighted by molar-refractivity contribution is 6.08. The van der Waals surface area contributed by atoms with E-state index in [-0.39, 0.29) is 17.2 Å². The van der Waals surface area contributed by atoms with Crippen molar-refractivity contribution in [2.75, 3.05) is 0 Å². The van der Waals surface area contributed by atoms with E-state index in [1.165, 1.54) is 18.3 Å². The zero-order valence-corrected chi connectivity index (χ0v) is 15.6. The van der Waals surface area contributed by atoms with Crippen LogP contribution in [0.4, 0.5) is 4.39 Å². The predicted molar refractivity (Wildman–Crippen MR) is 103 cm³/mol. The van der Waals surface area contributed by atoms with Crippen LogP contribution in [-0.4, -0.2) is 33.5 Å². The molecule has 0 spiro atoms. The normalized spacial score (nSPS) is 26.6. The average Bonchev–Trinajstić information content (AvgIpc) is 2.76. The number of aromatic nitrogens is 1. The van der Waals surface area contributed by atoms with Crippen LogP contribution in [0.2, 0.25) is 0 Å². The third-order valence-corrected chi connectivity index (χ3v) is 5.67. The molecule has 2 aliphatic rings. The molecule has 6 nitrogen and oxygen atoms in total. The molecule has 2 heterocycles. The summed E-state index contributed by atoms with van der Waals surface area (Å²) in [6.07, 6.45) is 0.457. The van der Waals surface area contributed by atoms with Crippen LogP contribution < -0.4 is 9.47 Å². The Bertz CT molecular complexity index is 1130. The van der Waals surface area contributed by atoms with E-state index in [1.807, 2.05) is 6.07 Å². The first-order valence-corrected chi connectivity index (χ1v) is 9.41. The van der Waals surface area contributed by atoms with Crippen molar-refractivity contribution >= 4 is 11.8 Å². The minimum absolute atomic E-state index is 0.0256. The number of halogens is 1. The molecule has 1 aliphatic carbocycles. The Hall–Kier alpha value is -3.58. The quantitative estimate of drug-likeness (QED) is 0.533. The third-order valence-electron chi connectivity index (χ3n) is 5.67. The molecule has 0 amide bonds. The predicted octanol–water partition coefficient (Wildman–Crippen LogP) is 2.91. The Labute approximate surface area is 170 Å². The van der Waals surface area contributed by atoms with Crippen molar-refractivity contribution in [1.29, 1.82) is 0 Å². The lowest BCUT2D eigenvalue weighted by Crippen LogP contribution is -2.75. The topological polar surface area (TPSA) is 85.7 Å². The molecule has 0 saturated heterocycles. The highest BCUT2D eigenvalue weighted by atomic mass is 19.1. The van der Waals surface area contributed by atoms with Crippen molar-refractivity contribution < 1.29 is 28.6 Å². The van der Waals surface area contributed by atoms with Gasteiger partial charge in [0.15, 0.2) is 11.3 Å². The molecule has 1 saturated carbocycles. The maximum absolute atomic E-state index is 13.2. The summed E-state index contributed by atoms with van der Waals surface area (Å²) in [7, 11) is 0. The molecule has 150 valence electrons. The van der Waals surface area contributed by atoms with E-state index >= 15 is 0 Å². The molecule has 1 aromatic heterocycles. The second-order valence-electron chi connectivity index (χ2n) is 7.33. The number of fused-ring (bicyclic) bond motifs is 2. The molecule has 1 aliphatic heterocycles. The first-order chi connectivity index (χ1) is 14.5. The summed E-state index contributed by atoms with van der Waals surface area (Å²) >= 11 is 0. The smallest absolute Gasteiger partial charge is 0.318 e. The summed E-state index contributed by atoms with van der Waals surface area (Å²) in [5.74, 6) is -3.39. The van der Waals surface area contributed by atoms with Crippen LogP contribution >= 0.6 is 0 Å². The van der Waals surface area contributed by atoms with Crippen LogP contribution in [0.3, 0.4) is 0 Å². The van der Waals surface area contributed by atoms with Crippen molar-refractivity contribution in [2.45, 2.75) is 17.6 Å². The SMILES string of the molecule is O=C(Oc1ccc(F)cc1)C1C(c2ccccc2)C2Oc3cccnc3C(=O)C21O. The number of Topliss-reactive ketones (excluding diaryl/α,β-unsaturated/α-hetero) is 1. The highest BCUT2D eigenvalue weighted by Gasteiger charge is 2.73. The van der Waals surface area contributed by atoms with Gasteiger partial charge in [-0.25, -0.2) is 9.37 Å². The standard InChI is InChI=1S/C23H16FNO5/c24-14-8-10-15(11-9-14)29-22(27)18-17(13-5-2-1-3-6-13)21-23(18,28)20(26)19-16(30-21)7-4-12-25-19/h1-12,17-18,21,28H. The monoisotopic (exact) mass is 405 g/mol. The van der Waals surface area contributed by atoms with Crippen LogP contribution in [0.25, 0.3) is 0 Å². The van der Waals surface area contributed by atoms with Gasteiger partial charge in [0.25, 0.3) is 0 Å². The maximum Gasteiger partial charge on any atom is 0.318 e. The van der Waals surface area contributed by atoms with Crippen LogP contribution in [0.15, 0.2) is 72.9 Å². The minimum Gasteiger partial charge on any atom is -0.484 e. The van der Waals surface area contributed by atoms with Crippen LogP contribution in [0.1, 0.15) is 22.0 Å². The number of ether oxygens (including phenoxy) is 2. The fourth-order valence-electron chi connectivity index (χ4n) is 4.25. The zero-order valence-electron chi connectivity index (χ0n) is 15.6. The number of pyridine rings is 1. The minimum atomic E-state index is -2.11. The van der Waals surface area contributed by atoms with E-state index in [9.17, 15) is 19.1 Å². The Balaban J connectivity index is 1.55. The van der Waals surface area contributed by atoms with Gasteiger partial charge in [-0.05, 0) is 42.0 Å². The van der Waals surface area contributed by atoms with Gasteiger partial charge in [-0.1, -0.05) is 30.3 Å². The van der Waals surface area contributed by atoms with Gasteiger partial charge in [-0.2, -0.15) is 0 Å². The molecule has 4 unspecified atom stereocenters. The lowest BCUT2D eigenvalue weighted by atomic mass is 9.53. The van der Waals surface area contributed by atoms with E-state index in [0.29, 0.717) is 0 Å². The number of aliphatic hydroxyl groups is 1. The number of hydrogen-bond acceptors (Lipinski definition) is 6. The summed E-state index contributed by atoms with van der Waals surface area (Å²) in [6.45, 7) is 0. The van der Waals surface area contributed by atoms with Crippen molar-refractivity contribution in [2.24, 2.45) is 5.92 Å². The van der Waals surface area contributed by atoms with Gasteiger partial charge in [-0.3, -0.25) is 9.59 Å². The van der Waals surface area contributed by atoms with Gasteiger partial charge in [0.1, 0.15) is 29.3 Å². The summed E-state index contributed by atoms with van der Waals surface area (Å²) in [5, 5.41) is 11.4. The number of hydrogen-bond donors (Lipinski definition) is 1. The number of ketones is 1. The van der Waals surface area contributed by atoms with E-state index in [2.05, 4.69) is 4.98 Å². The van der Waals surface area contributed by atoms with Crippen LogP contribution in [0.5, 0.6) is 11.5 Å². The molecule has 7 heteroatoms. The lowest BCUT2D eigenvalue weighted by molar-refractivity contribution is -0.192. The number of rotatable bonds is 3. The largest absolute Gasteiger partial charge is 0.484 e. The second-order valence-corrected chi connectivity index (χ2v) is 7.33. The van der Waals surface area contributed by atoms with Gasteiger partial charge in [0.2, 0.25) is 5.78 Å². The molecular weight excluding hydrogens is 389 g/mol. The van der Waals surface area contributed by atoms with E-state index in [0.717, 1.165) is 17.7 Å². The summed E-state index contributed by atoms with van der Waals surface area (Å²) in [6, 6.07) is 17.2. The Morgan fingerprint density at radius 1 is 1.07 bits per heavy atom. The van der Waals surface area contributed by atoms with Crippen LogP contribution in [-0.2, 0) is 4.79 Å². The van der Waals surface area contributed by atoms with Gasteiger partial charge < -0.3 is 14.6 Å². The Kier molecular flexibility index (Phi) is 4.15. The van der Waals surface area contributed by atoms with Crippen molar-refractivity contribution in [1.82, 2.24) is 4.98 Å². The first-order valence-electron chi connectivity index (χ1n) is 9.41. The Morgan fingerprint density at radius 2 is 1.80 bits per heavy atom. The highest BCUT2D eigenvalue weighted by Crippen LogP contribution is 2.56. The van der Waals surface area contributed by atoms with Gasteiger partial charge in [0.05, 0.1) is 0 Å². The average molecular weight is 405 g/mol. The van der Waals surface area contributed by atoms with Crippen molar-refractivity contribution in [3.05, 3.63) is 90.0 Å². The third kappa shape index (κ3) is 2.63. The molecular formula is C23H16FNO5. The fourth-order valence-corrected chi connectivity index (χ4v) is 4.25. The number of benzene rings is 2. The fraction of sp³-hybridized carbons (Fsp3) is 0.174. The molecule has 0 radical (unpaired) electrons. The number of nitrogens with zero attached hydrogens (tertiary/aromatic N) is 1. The lowest BCUT2D eigenvalue weighted by Gasteiger charge is -2.56. The number of carbonyl (C=O) groups excluding carboxylic acids is 2. The van der Waals surface area contributed by atoms with Crippen molar-refractivity contribution in [3.63, 3.8) is 0 Å². The molecule has 1 N–H and O–H groups in total. The van der Waals surface area contributed by atoms with Crippen molar-refractivity contribution in [3.8, 4) is 11.5 Å². The summed E-state index contributed by atoms with van der Waals surface area (Å²) in [5.41, 5.74) is -1.41. The number of esters is 1. The zero-order chi connectivity index (χ0) is 20.9. The maximum atomic E-state index is 13.2. The molecule has 2 aromatic carbocycles. The van der Waals surface area contributed by atoms with Crippen LogP contribution in [0, 0.1) is 11.7 Å². The number of carbonyl (C=O) groups is 2. The summed E-state index contributed by atoms with van der Waals surface area (Å²) in [4.78, 5) is 30.2. The van der Waals surface area contributed by atoms with Gasteiger partial charge in [-0.15, -0.1) is 0 Å². The molecule has 3 aromatic rings. The van der Waals surface area contributed by atoms with E-state index in [1.54, 1.807) is 36.4 Å². The molecule has 4 atom stereocenters.